The van der Waals surface area contributed by atoms with Crippen molar-refractivity contribution in [3.05, 3.63) is 44.6 Å². The van der Waals surface area contributed by atoms with E-state index < -0.39 is 18.2 Å². The van der Waals surface area contributed by atoms with Crippen molar-refractivity contribution in [1.29, 1.82) is 0 Å². The number of rotatable bonds is 3. The fourth-order valence-corrected chi connectivity index (χ4v) is 3.18. The molecule has 0 atom stereocenters. The Morgan fingerprint density at radius 1 is 1.29 bits per heavy atom. The van der Waals surface area contributed by atoms with Crippen molar-refractivity contribution < 1.29 is 9.90 Å². The number of halogens is 1. The van der Waals surface area contributed by atoms with Gasteiger partial charge in [0.05, 0.1) is 10.9 Å². The summed E-state index contributed by atoms with van der Waals surface area (Å²) in [4.78, 5) is 36.7. The summed E-state index contributed by atoms with van der Waals surface area (Å²) < 4.78 is 2.42. The minimum absolute atomic E-state index is 0. The highest BCUT2D eigenvalue weighted by atomic mass is 79.9. The van der Waals surface area contributed by atoms with E-state index in [1.54, 1.807) is 18.2 Å². The Hall–Kier alpha value is -1.93. The molecule has 1 aliphatic heterocycles. The van der Waals surface area contributed by atoms with Gasteiger partial charge in [-0.05, 0) is 45.0 Å². The number of aryl methyl sites for hydroxylation is 1. The Bertz CT molecular complexity index is 881. The molecule has 0 bridgehead atoms. The van der Waals surface area contributed by atoms with E-state index >= 15 is 0 Å². The lowest BCUT2D eigenvalue weighted by molar-refractivity contribution is -0.137. The van der Waals surface area contributed by atoms with Gasteiger partial charge >= 0.3 is 11.7 Å². The van der Waals surface area contributed by atoms with Gasteiger partial charge in [0, 0.05) is 6.04 Å². The van der Waals surface area contributed by atoms with Crippen LogP contribution < -0.4 is 16.6 Å². The number of hydrogen-bond acceptors (Lipinski definition) is 4. The average Bonchev–Trinajstić information content (AvgIpc) is 2.52. The molecule has 0 aliphatic carbocycles. The molecule has 0 saturated carbocycles. The van der Waals surface area contributed by atoms with Gasteiger partial charge in [0.25, 0.3) is 5.56 Å². The van der Waals surface area contributed by atoms with Gasteiger partial charge in [0.1, 0.15) is 6.54 Å². The largest absolute Gasteiger partial charge is 0.480 e. The number of hydrogen-bond donors (Lipinski definition) is 2. The van der Waals surface area contributed by atoms with Crippen LogP contribution in [0.3, 0.4) is 0 Å². The fraction of sp³-hybridized carbons (Fsp3) is 0.438. The Morgan fingerprint density at radius 2 is 1.96 bits per heavy atom. The summed E-state index contributed by atoms with van der Waals surface area (Å²) in [7, 11) is 0. The molecule has 7 nitrogen and oxygen atoms in total. The van der Waals surface area contributed by atoms with Gasteiger partial charge in [-0.25, -0.2) is 4.79 Å². The molecule has 130 valence electrons. The van der Waals surface area contributed by atoms with Gasteiger partial charge in [-0.1, -0.05) is 11.6 Å². The molecule has 0 amide bonds. The second-order valence-electron chi connectivity index (χ2n) is 5.94. The third kappa shape index (κ3) is 3.29. The quantitative estimate of drug-likeness (QED) is 0.807. The summed E-state index contributed by atoms with van der Waals surface area (Å²) in [6.45, 7) is 2.88. The lowest BCUT2D eigenvalue weighted by Gasteiger charge is -2.25. The van der Waals surface area contributed by atoms with Crippen LogP contribution in [0.5, 0.6) is 0 Å². The van der Waals surface area contributed by atoms with Gasteiger partial charge in [0.2, 0.25) is 0 Å². The Balaban J connectivity index is 0.00000208. The zero-order chi connectivity index (χ0) is 16.6. The van der Waals surface area contributed by atoms with Gasteiger partial charge in [-0.2, -0.15) is 0 Å². The molecule has 2 N–H and O–H groups in total. The summed E-state index contributed by atoms with van der Waals surface area (Å²) in [5, 5.41) is 12.7. The molecule has 1 fully saturated rings. The second kappa shape index (κ2) is 7.31. The lowest BCUT2D eigenvalue weighted by atomic mass is 10.1. The smallest absolute Gasteiger partial charge is 0.332 e. The number of aliphatic carboxylic acids is 1. The van der Waals surface area contributed by atoms with E-state index in [0.717, 1.165) is 18.7 Å². The number of carboxylic acid groups (broad SMARTS) is 1. The third-order valence-corrected chi connectivity index (χ3v) is 4.30. The molecule has 2 aromatic rings. The molecular weight excluding hydrogens is 378 g/mol. The van der Waals surface area contributed by atoms with Crippen LogP contribution >= 0.6 is 17.0 Å². The van der Waals surface area contributed by atoms with E-state index in [-0.39, 0.29) is 28.6 Å². The highest BCUT2D eigenvalue weighted by Crippen LogP contribution is 2.17. The van der Waals surface area contributed by atoms with Crippen LogP contribution in [0.4, 0.5) is 0 Å². The van der Waals surface area contributed by atoms with Crippen molar-refractivity contribution in [1.82, 2.24) is 14.5 Å². The van der Waals surface area contributed by atoms with Crippen LogP contribution in [-0.4, -0.2) is 33.3 Å². The molecule has 0 spiro atoms. The minimum Gasteiger partial charge on any atom is -0.480 e. The number of piperidine rings is 1. The van der Waals surface area contributed by atoms with E-state index in [0.29, 0.717) is 23.7 Å². The van der Waals surface area contributed by atoms with Crippen LogP contribution in [0.1, 0.15) is 24.4 Å². The van der Waals surface area contributed by atoms with Gasteiger partial charge in [-0.3, -0.25) is 18.7 Å². The number of carboxylic acids is 1. The lowest BCUT2D eigenvalue weighted by Crippen LogP contribution is -2.45. The van der Waals surface area contributed by atoms with Crippen LogP contribution in [0, 0.1) is 6.92 Å². The predicted molar refractivity (Wildman–Crippen MR) is 96.3 cm³/mol. The van der Waals surface area contributed by atoms with E-state index in [1.165, 1.54) is 9.13 Å². The van der Waals surface area contributed by atoms with E-state index in [4.69, 9.17) is 5.11 Å². The first-order valence-electron chi connectivity index (χ1n) is 7.67. The van der Waals surface area contributed by atoms with Crippen LogP contribution in [0.2, 0.25) is 0 Å². The molecule has 3 rings (SSSR count). The van der Waals surface area contributed by atoms with Crippen LogP contribution in [0.25, 0.3) is 10.9 Å². The van der Waals surface area contributed by atoms with Crippen molar-refractivity contribution in [3.8, 4) is 0 Å². The SMILES string of the molecule is Br.Cc1ccc2c(c1)c(=O)n(C1CCNCC1)c(=O)n2CC(=O)O. The summed E-state index contributed by atoms with van der Waals surface area (Å²) in [6.07, 6.45) is 1.36. The molecule has 2 heterocycles. The minimum atomic E-state index is -1.11. The highest BCUT2D eigenvalue weighted by molar-refractivity contribution is 8.93. The first-order valence-corrected chi connectivity index (χ1v) is 7.67. The van der Waals surface area contributed by atoms with Gasteiger partial charge in [0.15, 0.2) is 0 Å². The van der Waals surface area contributed by atoms with Crippen molar-refractivity contribution in [3.63, 3.8) is 0 Å². The summed E-state index contributed by atoms with van der Waals surface area (Å²) >= 11 is 0. The standard InChI is InChI=1S/C16H19N3O4.BrH/c1-10-2-3-13-12(8-10)15(22)19(11-4-6-17-7-5-11)16(23)18(13)9-14(20)21;/h2-3,8,11,17H,4-7,9H2,1H3,(H,20,21);1H. The Labute approximate surface area is 148 Å². The van der Waals surface area contributed by atoms with Gasteiger partial charge in [-0.15, -0.1) is 17.0 Å². The van der Waals surface area contributed by atoms with Crippen molar-refractivity contribution in [2.45, 2.75) is 32.4 Å². The molecule has 1 aliphatic rings. The normalized spacial score (nSPS) is 15.2. The van der Waals surface area contributed by atoms with Crippen LogP contribution in [0.15, 0.2) is 27.8 Å². The fourth-order valence-electron chi connectivity index (χ4n) is 3.18. The molecule has 0 radical (unpaired) electrons. The second-order valence-corrected chi connectivity index (χ2v) is 5.94. The molecule has 1 aromatic heterocycles. The number of nitrogens with one attached hydrogen (secondary N) is 1. The number of benzene rings is 1. The Kier molecular flexibility index (Phi) is 5.61. The average molecular weight is 398 g/mol. The van der Waals surface area contributed by atoms with E-state index in [9.17, 15) is 14.4 Å². The zero-order valence-electron chi connectivity index (χ0n) is 13.3. The molecule has 8 heteroatoms. The first kappa shape index (κ1) is 18.4. The number of nitrogens with zero attached hydrogens (tertiary/aromatic N) is 2. The topological polar surface area (TPSA) is 93.3 Å². The highest BCUT2D eigenvalue weighted by Gasteiger charge is 2.22. The van der Waals surface area contributed by atoms with Gasteiger partial charge < -0.3 is 10.4 Å². The van der Waals surface area contributed by atoms with Crippen molar-refractivity contribution in [2.75, 3.05) is 13.1 Å². The third-order valence-electron chi connectivity index (χ3n) is 4.30. The molecule has 24 heavy (non-hydrogen) atoms. The monoisotopic (exact) mass is 397 g/mol. The number of carbonyl (C=O) groups is 1. The molecule has 1 saturated heterocycles. The molecule has 1 aromatic carbocycles. The summed E-state index contributed by atoms with van der Waals surface area (Å²) in [6, 6.07) is 4.94. The summed E-state index contributed by atoms with van der Waals surface area (Å²) in [5.41, 5.74) is 0.396. The van der Waals surface area contributed by atoms with Crippen molar-refractivity contribution in [2.24, 2.45) is 0 Å². The molecule has 0 unspecified atom stereocenters. The maximum absolute atomic E-state index is 12.8. The predicted octanol–water partition coefficient (Wildman–Crippen LogP) is 1.06. The van der Waals surface area contributed by atoms with Crippen LogP contribution in [-0.2, 0) is 11.3 Å². The molecular formula is C16H20BrN3O4. The summed E-state index contributed by atoms with van der Waals surface area (Å²) in [5.74, 6) is -1.11. The van der Waals surface area contributed by atoms with Crippen molar-refractivity contribution >= 4 is 33.9 Å². The first-order chi connectivity index (χ1) is 11.0. The number of aromatic nitrogens is 2. The number of fused-ring (bicyclic) bond motifs is 1. The Morgan fingerprint density at radius 3 is 2.58 bits per heavy atom. The maximum atomic E-state index is 12.8. The van der Waals surface area contributed by atoms with E-state index in [2.05, 4.69) is 5.32 Å². The maximum Gasteiger partial charge on any atom is 0.332 e. The zero-order valence-corrected chi connectivity index (χ0v) is 15.0. The van der Waals surface area contributed by atoms with E-state index in [1.807, 2.05) is 6.92 Å².